The third-order valence-corrected chi connectivity index (χ3v) is 1.56. The summed E-state index contributed by atoms with van der Waals surface area (Å²) < 4.78 is 4.07. The molecule has 0 fully saturated rings. The Hall–Kier alpha value is 1.19. The minimum absolute atomic E-state index is 0. The number of aliphatic hydroxyl groups is 2. The van der Waals surface area contributed by atoms with Gasteiger partial charge in [0.05, 0.1) is 0 Å². The van der Waals surface area contributed by atoms with Crippen molar-refractivity contribution in [2.45, 2.75) is 12.2 Å². The van der Waals surface area contributed by atoms with Crippen LogP contribution in [0.2, 0.25) is 0 Å². The molecule has 2 unspecified atom stereocenters. The van der Waals surface area contributed by atoms with Gasteiger partial charge in [0.2, 0.25) is 0 Å². The van der Waals surface area contributed by atoms with E-state index >= 15 is 0 Å². The average molecular weight is 365 g/mol. The molecule has 0 rings (SSSR count). The topological polar surface area (TPSA) is 201 Å². The SMILES string of the molecule is O.O.O.O=C([O-])C(O)C(O)C(=O)[O][SbH2].[K+]. The van der Waals surface area contributed by atoms with Gasteiger partial charge < -0.3 is 16.4 Å². The van der Waals surface area contributed by atoms with Gasteiger partial charge in [-0.25, -0.2) is 0 Å². The van der Waals surface area contributed by atoms with Crippen molar-refractivity contribution < 1.29 is 95.7 Å². The normalized spacial score (nSPS) is 11.1. The molecule has 15 heavy (non-hydrogen) atoms. The van der Waals surface area contributed by atoms with Crippen molar-refractivity contribution in [3.05, 3.63) is 0 Å². The van der Waals surface area contributed by atoms with Gasteiger partial charge in [-0.2, -0.15) is 0 Å². The first-order valence-corrected chi connectivity index (χ1v) is 3.82. The number of rotatable bonds is 3. The van der Waals surface area contributed by atoms with E-state index in [1.54, 1.807) is 0 Å². The second kappa shape index (κ2) is 15.2. The fourth-order valence-corrected chi connectivity index (χ4v) is 0.725. The van der Waals surface area contributed by atoms with Gasteiger partial charge in [0.1, 0.15) is 0 Å². The number of carbonyl (C=O) groups excluding carboxylic acids is 2. The van der Waals surface area contributed by atoms with Gasteiger partial charge in [0.15, 0.2) is 0 Å². The monoisotopic (exact) mass is 364 g/mol. The number of hydrogen-bond acceptors (Lipinski definition) is 6. The largest absolute Gasteiger partial charge is 1.00 e. The Kier molecular flexibility index (Phi) is 30.2. The third-order valence-electron chi connectivity index (χ3n) is 0.898. The molecule has 9 nitrogen and oxygen atoms in total. The van der Waals surface area contributed by atoms with Gasteiger partial charge in [-0.05, 0) is 0 Å². The smallest absolute Gasteiger partial charge is 1.00 e. The molecule has 88 valence electrons. The first-order valence-electron chi connectivity index (χ1n) is 2.48. The van der Waals surface area contributed by atoms with Crippen LogP contribution in [-0.2, 0) is 12.6 Å². The standard InChI is InChI=1S/C4H6O6.K.3H2O.Sb.2H/c5-1(3(7)8)2(6)4(9)10;;;;;;;/h1-2,5-6H,(H,7,8)(H,9,10);;3*1H2;;;/q;+1;;;;+1;;/p-2. The Bertz CT molecular complexity index is 175. The van der Waals surface area contributed by atoms with Crippen LogP contribution in [0.1, 0.15) is 0 Å². The van der Waals surface area contributed by atoms with Crippen LogP contribution in [0.3, 0.4) is 0 Å². The van der Waals surface area contributed by atoms with Crippen molar-refractivity contribution in [3.8, 4) is 0 Å². The molecule has 11 heteroatoms. The summed E-state index contributed by atoms with van der Waals surface area (Å²) in [5.41, 5.74) is 0. The van der Waals surface area contributed by atoms with Gasteiger partial charge in [-0.15, -0.1) is 0 Å². The average Bonchev–Trinajstić information content (AvgIpc) is 2.00. The van der Waals surface area contributed by atoms with Gasteiger partial charge in [-0.3, -0.25) is 0 Å². The second-order valence-electron chi connectivity index (χ2n) is 1.65. The summed E-state index contributed by atoms with van der Waals surface area (Å²) in [6.45, 7) is 0. The molecule has 0 aromatic rings. The zero-order valence-corrected chi connectivity index (χ0v) is 14.2. The van der Waals surface area contributed by atoms with E-state index in [-0.39, 0.29) is 91.3 Å². The van der Waals surface area contributed by atoms with Crippen LogP contribution >= 0.6 is 0 Å². The van der Waals surface area contributed by atoms with Crippen LogP contribution in [0.4, 0.5) is 0 Å². The number of carboxylic acids is 1. The number of aliphatic hydroxyl groups excluding tert-OH is 2. The van der Waals surface area contributed by atoms with Crippen molar-refractivity contribution in [3.63, 3.8) is 0 Å². The van der Waals surface area contributed by atoms with Crippen LogP contribution in [0.25, 0.3) is 0 Å². The minimum Gasteiger partial charge on any atom is 1.00 e. The molecule has 0 saturated carbocycles. The van der Waals surface area contributed by atoms with Crippen LogP contribution in [0, 0.1) is 0 Å². The van der Waals surface area contributed by atoms with E-state index in [4.69, 9.17) is 10.2 Å². The molecule has 0 spiro atoms. The van der Waals surface area contributed by atoms with Gasteiger partial charge >= 0.3 is 127 Å². The van der Waals surface area contributed by atoms with Gasteiger partial charge in [-0.1, -0.05) is 0 Å². The third kappa shape index (κ3) is 11.5. The molecule has 0 aliphatic carbocycles. The Morgan fingerprint density at radius 2 is 1.47 bits per heavy atom. The molecule has 0 aromatic carbocycles. The number of hydrogen-bond donors (Lipinski definition) is 2. The summed E-state index contributed by atoms with van der Waals surface area (Å²) in [5.74, 6) is -3.08. The molecule has 0 saturated heterocycles. The zero-order chi connectivity index (χ0) is 9.02. The van der Waals surface area contributed by atoms with Gasteiger partial charge in [0, 0.05) is 0 Å². The number of carbonyl (C=O) groups is 2. The summed E-state index contributed by atoms with van der Waals surface area (Å²) in [5, 5.41) is 27.0. The van der Waals surface area contributed by atoms with Crippen molar-refractivity contribution >= 4 is 35.4 Å². The van der Waals surface area contributed by atoms with Crippen LogP contribution in [0.15, 0.2) is 0 Å². The summed E-state index contributed by atoms with van der Waals surface area (Å²) >= 11 is 0.0874. The Labute approximate surface area is 141 Å². The van der Waals surface area contributed by atoms with Crippen molar-refractivity contribution in [1.82, 2.24) is 0 Å². The van der Waals surface area contributed by atoms with Crippen molar-refractivity contribution in [2.75, 3.05) is 0 Å². The maximum absolute atomic E-state index is 10.4. The van der Waals surface area contributed by atoms with Crippen LogP contribution < -0.4 is 56.5 Å². The summed E-state index contributed by atoms with van der Waals surface area (Å²) in [6.07, 6.45) is -4.29. The van der Waals surface area contributed by atoms with Gasteiger partial charge in [0.25, 0.3) is 0 Å². The Morgan fingerprint density at radius 1 is 1.13 bits per heavy atom. The fraction of sp³-hybridized carbons (Fsp3) is 0.500. The number of carboxylic acid groups (broad SMARTS) is 1. The van der Waals surface area contributed by atoms with E-state index in [2.05, 4.69) is 3.02 Å². The molecule has 0 aliphatic rings. The van der Waals surface area contributed by atoms with E-state index in [0.29, 0.717) is 0 Å². The molecular weight excluding hydrogens is 353 g/mol. The summed E-state index contributed by atoms with van der Waals surface area (Å²) in [4.78, 5) is 20.2. The molecule has 2 atom stereocenters. The van der Waals surface area contributed by atoms with E-state index in [0.717, 1.165) is 0 Å². The summed E-state index contributed by atoms with van der Waals surface area (Å²) in [6, 6.07) is 0. The Morgan fingerprint density at radius 3 is 1.67 bits per heavy atom. The molecule has 8 N–H and O–H groups in total. The molecule has 0 aromatic heterocycles. The first-order chi connectivity index (χ1) is 5.00. The van der Waals surface area contributed by atoms with E-state index in [1.807, 2.05) is 0 Å². The predicted octanol–water partition coefficient (Wildman–Crippen LogP) is -9.92. The minimum atomic E-state index is -2.23. The first kappa shape index (κ1) is 29.8. The molecule has 0 heterocycles. The quantitative estimate of drug-likeness (QED) is 0.465. The maximum Gasteiger partial charge on any atom is 1.00 e. The molecule has 0 aliphatic heterocycles. The van der Waals surface area contributed by atoms with E-state index < -0.39 is 24.1 Å². The zero-order valence-electron chi connectivity index (χ0n) is 7.76. The second-order valence-corrected chi connectivity index (χ2v) is 2.32. The Balaban J connectivity index is -0.0000000833. The molecular formula is C4H12KO9Sb. The molecule has 0 amide bonds. The van der Waals surface area contributed by atoms with Crippen molar-refractivity contribution in [1.29, 1.82) is 0 Å². The van der Waals surface area contributed by atoms with Crippen molar-refractivity contribution in [2.24, 2.45) is 0 Å². The fourth-order valence-electron chi connectivity index (χ4n) is 0.328. The van der Waals surface area contributed by atoms with E-state index in [1.165, 1.54) is 0 Å². The molecule has 0 radical (unpaired) electrons. The summed E-state index contributed by atoms with van der Waals surface area (Å²) in [7, 11) is 0. The maximum atomic E-state index is 10.4. The predicted molar refractivity (Wildman–Crippen MR) is 42.5 cm³/mol. The van der Waals surface area contributed by atoms with Crippen LogP contribution in [0.5, 0.6) is 0 Å². The van der Waals surface area contributed by atoms with E-state index in [9.17, 15) is 14.7 Å². The van der Waals surface area contributed by atoms with Crippen LogP contribution in [-0.4, -0.2) is 74.2 Å². The molecule has 0 bridgehead atoms. The number of aliphatic carboxylic acids is 1.